The van der Waals surface area contributed by atoms with Crippen LogP contribution in [0, 0.1) is 6.92 Å². The molecule has 1 amide bonds. The van der Waals surface area contributed by atoms with E-state index in [1.165, 1.54) is 4.88 Å². The fourth-order valence-electron chi connectivity index (χ4n) is 2.72. The minimum Gasteiger partial charge on any atom is -0.494 e. The predicted molar refractivity (Wildman–Crippen MR) is 107 cm³/mol. The van der Waals surface area contributed by atoms with Crippen LogP contribution in [0.15, 0.2) is 48.5 Å². The van der Waals surface area contributed by atoms with Crippen molar-refractivity contribution in [3.8, 4) is 17.0 Å². The standard InChI is InChI=1S/C21H22N2O2S/c1-4-19-20(22-14(3)26-19)15-6-8-16(9-7-15)21(24)23-17-10-12-18(13-11-17)25-5-2/h6-13H,4-5H2,1-3H3,(H,23,24). The molecule has 4 nitrogen and oxygen atoms in total. The van der Waals surface area contributed by atoms with Crippen LogP contribution in [-0.4, -0.2) is 17.5 Å². The van der Waals surface area contributed by atoms with E-state index in [0.29, 0.717) is 12.2 Å². The monoisotopic (exact) mass is 366 g/mol. The van der Waals surface area contributed by atoms with Crippen LogP contribution in [0.25, 0.3) is 11.3 Å². The summed E-state index contributed by atoms with van der Waals surface area (Å²) in [6.07, 6.45) is 0.959. The number of hydrogen-bond acceptors (Lipinski definition) is 4. The molecule has 0 saturated heterocycles. The molecule has 0 saturated carbocycles. The van der Waals surface area contributed by atoms with Crippen LogP contribution in [0.2, 0.25) is 0 Å². The average molecular weight is 366 g/mol. The number of aryl methyl sites for hydroxylation is 2. The van der Waals surface area contributed by atoms with Crippen molar-refractivity contribution in [3.63, 3.8) is 0 Å². The van der Waals surface area contributed by atoms with Gasteiger partial charge < -0.3 is 10.1 Å². The summed E-state index contributed by atoms with van der Waals surface area (Å²) < 4.78 is 5.41. The van der Waals surface area contributed by atoms with Gasteiger partial charge in [0.15, 0.2) is 0 Å². The fraction of sp³-hybridized carbons (Fsp3) is 0.238. The smallest absolute Gasteiger partial charge is 0.255 e. The van der Waals surface area contributed by atoms with Crippen molar-refractivity contribution in [2.75, 3.05) is 11.9 Å². The van der Waals surface area contributed by atoms with E-state index in [-0.39, 0.29) is 5.91 Å². The van der Waals surface area contributed by atoms with Crippen molar-refractivity contribution >= 4 is 22.9 Å². The number of benzene rings is 2. The molecule has 0 fully saturated rings. The molecule has 3 rings (SSSR count). The summed E-state index contributed by atoms with van der Waals surface area (Å²) >= 11 is 1.73. The minimum atomic E-state index is -0.133. The number of amides is 1. The Morgan fingerprint density at radius 1 is 1.08 bits per heavy atom. The molecule has 0 unspecified atom stereocenters. The van der Waals surface area contributed by atoms with Gasteiger partial charge in [0.05, 0.1) is 17.3 Å². The van der Waals surface area contributed by atoms with Crippen molar-refractivity contribution in [2.24, 2.45) is 0 Å². The number of nitrogens with one attached hydrogen (secondary N) is 1. The molecule has 0 spiro atoms. The Morgan fingerprint density at radius 3 is 2.38 bits per heavy atom. The van der Waals surface area contributed by atoms with Crippen molar-refractivity contribution in [1.82, 2.24) is 4.98 Å². The second kappa shape index (κ2) is 8.15. The maximum atomic E-state index is 12.4. The van der Waals surface area contributed by atoms with Crippen LogP contribution in [0.3, 0.4) is 0 Å². The largest absolute Gasteiger partial charge is 0.494 e. The summed E-state index contributed by atoms with van der Waals surface area (Å²) in [6, 6.07) is 15.0. The number of carbonyl (C=O) groups is 1. The first-order valence-electron chi connectivity index (χ1n) is 8.71. The third-order valence-electron chi connectivity index (χ3n) is 3.97. The van der Waals surface area contributed by atoms with Gasteiger partial charge >= 0.3 is 0 Å². The molecule has 0 aliphatic carbocycles. The summed E-state index contributed by atoms with van der Waals surface area (Å²) in [5.41, 5.74) is 3.43. The van der Waals surface area contributed by atoms with Crippen LogP contribution >= 0.6 is 11.3 Å². The van der Waals surface area contributed by atoms with Gasteiger partial charge in [-0.3, -0.25) is 4.79 Å². The van der Waals surface area contributed by atoms with Crippen LogP contribution in [0.5, 0.6) is 5.75 Å². The first-order chi connectivity index (χ1) is 12.6. The van der Waals surface area contributed by atoms with Gasteiger partial charge in [0.1, 0.15) is 5.75 Å². The van der Waals surface area contributed by atoms with Crippen LogP contribution in [0.4, 0.5) is 5.69 Å². The zero-order valence-corrected chi connectivity index (χ0v) is 16.0. The van der Waals surface area contributed by atoms with Crippen molar-refractivity contribution < 1.29 is 9.53 Å². The Balaban J connectivity index is 1.72. The lowest BCUT2D eigenvalue weighted by molar-refractivity contribution is 0.102. The third kappa shape index (κ3) is 4.11. The fourth-order valence-corrected chi connectivity index (χ4v) is 3.62. The molecule has 0 aliphatic heterocycles. The Kier molecular flexibility index (Phi) is 5.68. The third-order valence-corrected chi connectivity index (χ3v) is 5.08. The highest BCUT2D eigenvalue weighted by Gasteiger charge is 2.11. The van der Waals surface area contributed by atoms with Gasteiger partial charge in [-0.2, -0.15) is 0 Å². The number of thiazole rings is 1. The number of rotatable bonds is 6. The number of hydrogen-bond donors (Lipinski definition) is 1. The molecule has 5 heteroatoms. The van der Waals surface area contributed by atoms with Crippen LogP contribution in [-0.2, 0) is 6.42 Å². The van der Waals surface area contributed by atoms with E-state index in [2.05, 4.69) is 17.2 Å². The molecule has 1 N–H and O–H groups in total. The van der Waals surface area contributed by atoms with Crippen LogP contribution < -0.4 is 10.1 Å². The Hall–Kier alpha value is -2.66. The Labute approximate surface area is 157 Å². The minimum absolute atomic E-state index is 0.133. The highest BCUT2D eigenvalue weighted by Crippen LogP contribution is 2.28. The lowest BCUT2D eigenvalue weighted by atomic mass is 10.1. The molecule has 0 aliphatic rings. The van der Waals surface area contributed by atoms with Gasteiger partial charge in [0, 0.05) is 21.7 Å². The Morgan fingerprint density at radius 2 is 1.77 bits per heavy atom. The van der Waals surface area contributed by atoms with Gasteiger partial charge in [-0.05, 0) is 56.7 Å². The lowest BCUT2D eigenvalue weighted by Crippen LogP contribution is -2.11. The molecule has 134 valence electrons. The maximum absolute atomic E-state index is 12.4. The molecule has 0 atom stereocenters. The van der Waals surface area contributed by atoms with Gasteiger partial charge in [0.2, 0.25) is 0 Å². The molecule has 1 heterocycles. The topological polar surface area (TPSA) is 51.2 Å². The van der Waals surface area contributed by atoms with Gasteiger partial charge in [0.25, 0.3) is 5.91 Å². The normalized spacial score (nSPS) is 10.6. The zero-order chi connectivity index (χ0) is 18.5. The first-order valence-corrected chi connectivity index (χ1v) is 9.53. The van der Waals surface area contributed by atoms with Gasteiger partial charge in [-0.15, -0.1) is 11.3 Å². The molecule has 26 heavy (non-hydrogen) atoms. The zero-order valence-electron chi connectivity index (χ0n) is 15.2. The molecular weight excluding hydrogens is 344 g/mol. The SMILES string of the molecule is CCOc1ccc(NC(=O)c2ccc(-c3nc(C)sc3CC)cc2)cc1. The van der Waals surface area contributed by atoms with Crippen molar-refractivity contribution in [1.29, 1.82) is 0 Å². The highest BCUT2D eigenvalue weighted by molar-refractivity contribution is 7.12. The molecular formula is C21H22N2O2S. The summed E-state index contributed by atoms with van der Waals surface area (Å²) in [5, 5.41) is 3.97. The molecule has 0 bridgehead atoms. The second-order valence-electron chi connectivity index (χ2n) is 5.85. The van der Waals surface area contributed by atoms with E-state index in [4.69, 9.17) is 4.74 Å². The van der Waals surface area contributed by atoms with E-state index in [1.54, 1.807) is 11.3 Å². The number of anilines is 1. The summed E-state index contributed by atoms with van der Waals surface area (Å²) in [7, 11) is 0. The highest BCUT2D eigenvalue weighted by atomic mass is 32.1. The molecule has 0 radical (unpaired) electrons. The number of carbonyl (C=O) groups excluding carboxylic acids is 1. The lowest BCUT2D eigenvalue weighted by Gasteiger charge is -2.08. The summed E-state index contributed by atoms with van der Waals surface area (Å²) in [4.78, 5) is 18.3. The number of ether oxygens (including phenoxy) is 1. The van der Waals surface area contributed by atoms with E-state index in [0.717, 1.165) is 34.1 Å². The molecule has 1 aromatic heterocycles. The maximum Gasteiger partial charge on any atom is 0.255 e. The van der Waals surface area contributed by atoms with Crippen LogP contribution in [0.1, 0.15) is 34.1 Å². The predicted octanol–water partition coefficient (Wildman–Crippen LogP) is 5.33. The van der Waals surface area contributed by atoms with Gasteiger partial charge in [-0.25, -0.2) is 4.98 Å². The molecule has 2 aromatic carbocycles. The Bertz CT molecular complexity index is 883. The van der Waals surface area contributed by atoms with E-state index < -0.39 is 0 Å². The summed E-state index contributed by atoms with van der Waals surface area (Å²) in [5.74, 6) is 0.658. The number of aromatic nitrogens is 1. The quantitative estimate of drug-likeness (QED) is 0.641. The summed E-state index contributed by atoms with van der Waals surface area (Å²) in [6.45, 7) is 6.72. The second-order valence-corrected chi connectivity index (χ2v) is 7.13. The van der Waals surface area contributed by atoms with E-state index in [1.807, 2.05) is 62.4 Å². The van der Waals surface area contributed by atoms with E-state index >= 15 is 0 Å². The van der Waals surface area contributed by atoms with Crippen molar-refractivity contribution in [2.45, 2.75) is 27.2 Å². The first kappa shape index (κ1) is 18.1. The van der Waals surface area contributed by atoms with E-state index in [9.17, 15) is 4.79 Å². The average Bonchev–Trinajstić information content (AvgIpc) is 3.04. The number of nitrogens with zero attached hydrogens (tertiary/aromatic N) is 1. The van der Waals surface area contributed by atoms with Gasteiger partial charge in [-0.1, -0.05) is 19.1 Å². The van der Waals surface area contributed by atoms with Crippen molar-refractivity contribution in [3.05, 3.63) is 64.0 Å². The molecule has 3 aromatic rings.